The van der Waals surface area contributed by atoms with E-state index in [-0.39, 0.29) is 6.04 Å². The summed E-state index contributed by atoms with van der Waals surface area (Å²) < 4.78 is 0. The van der Waals surface area contributed by atoms with Crippen LogP contribution in [0.2, 0.25) is 5.02 Å². The first kappa shape index (κ1) is 14.4. The van der Waals surface area contributed by atoms with Crippen molar-refractivity contribution in [2.24, 2.45) is 5.73 Å². The van der Waals surface area contributed by atoms with Gasteiger partial charge >= 0.3 is 0 Å². The molecular formula is C16H18ClNS. The average Bonchev–Trinajstić information content (AvgIpc) is 2.41. The second kappa shape index (κ2) is 6.99. The van der Waals surface area contributed by atoms with Crippen LogP contribution in [0.15, 0.2) is 53.4 Å². The minimum atomic E-state index is 0.116. The van der Waals surface area contributed by atoms with Crippen molar-refractivity contribution in [3.05, 3.63) is 64.7 Å². The third-order valence-corrected chi connectivity index (χ3v) is 4.45. The van der Waals surface area contributed by atoms with Crippen molar-refractivity contribution in [3.63, 3.8) is 0 Å². The van der Waals surface area contributed by atoms with E-state index in [0.717, 1.165) is 22.8 Å². The summed E-state index contributed by atoms with van der Waals surface area (Å²) in [7, 11) is 0. The lowest BCUT2D eigenvalue weighted by atomic mass is 10.1. The molecule has 3 heteroatoms. The maximum Gasteiger partial charge on any atom is 0.0441 e. The van der Waals surface area contributed by atoms with Crippen LogP contribution in [-0.4, -0.2) is 11.8 Å². The Morgan fingerprint density at radius 3 is 2.58 bits per heavy atom. The van der Waals surface area contributed by atoms with Gasteiger partial charge in [0.2, 0.25) is 0 Å². The molecular weight excluding hydrogens is 274 g/mol. The number of benzene rings is 2. The molecule has 0 heterocycles. The Hall–Kier alpha value is -0.960. The number of hydrogen-bond acceptors (Lipinski definition) is 2. The van der Waals surface area contributed by atoms with Crippen molar-refractivity contribution in [1.29, 1.82) is 0 Å². The summed E-state index contributed by atoms with van der Waals surface area (Å²) in [5.74, 6) is 0.897. The van der Waals surface area contributed by atoms with Gasteiger partial charge in [0.25, 0.3) is 0 Å². The van der Waals surface area contributed by atoms with Gasteiger partial charge in [0.05, 0.1) is 0 Å². The van der Waals surface area contributed by atoms with Crippen molar-refractivity contribution in [3.8, 4) is 0 Å². The summed E-state index contributed by atoms with van der Waals surface area (Å²) in [6, 6.07) is 16.6. The third kappa shape index (κ3) is 4.57. The van der Waals surface area contributed by atoms with Gasteiger partial charge < -0.3 is 5.73 Å². The molecule has 0 amide bonds. The van der Waals surface area contributed by atoms with Gasteiger partial charge in [-0.3, -0.25) is 0 Å². The van der Waals surface area contributed by atoms with Gasteiger partial charge in [-0.1, -0.05) is 41.9 Å². The van der Waals surface area contributed by atoms with Gasteiger partial charge in [0.1, 0.15) is 0 Å². The van der Waals surface area contributed by atoms with E-state index in [1.54, 1.807) is 11.8 Å². The van der Waals surface area contributed by atoms with Crippen molar-refractivity contribution in [2.45, 2.75) is 24.3 Å². The Morgan fingerprint density at radius 1 is 1.16 bits per heavy atom. The second-order valence-electron chi connectivity index (χ2n) is 4.68. The van der Waals surface area contributed by atoms with Crippen LogP contribution in [0.4, 0.5) is 0 Å². The van der Waals surface area contributed by atoms with Crippen LogP contribution in [0.1, 0.15) is 11.1 Å². The van der Waals surface area contributed by atoms with Crippen LogP contribution in [-0.2, 0) is 6.42 Å². The van der Waals surface area contributed by atoms with E-state index < -0.39 is 0 Å². The van der Waals surface area contributed by atoms with Gasteiger partial charge in [0.15, 0.2) is 0 Å². The number of thioether (sulfide) groups is 1. The molecule has 0 aromatic heterocycles. The fraction of sp³-hybridized carbons (Fsp3) is 0.250. The molecule has 0 saturated heterocycles. The lowest BCUT2D eigenvalue weighted by Crippen LogP contribution is -2.25. The third-order valence-electron chi connectivity index (χ3n) is 2.90. The maximum absolute atomic E-state index is 6.23. The van der Waals surface area contributed by atoms with Crippen LogP contribution in [0.3, 0.4) is 0 Å². The second-order valence-corrected chi connectivity index (χ2v) is 6.18. The van der Waals surface area contributed by atoms with Crippen molar-refractivity contribution < 1.29 is 0 Å². The molecule has 0 radical (unpaired) electrons. The minimum absolute atomic E-state index is 0.116. The normalized spacial score (nSPS) is 12.4. The molecule has 2 aromatic rings. The molecule has 0 aliphatic heterocycles. The first-order chi connectivity index (χ1) is 9.15. The summed E-state index contributed by atoms with van der Waals surface area (Å²) in [5, 5.41) is 0.820. The van der Waals surface area contributed by atoms with Crippen LogP contribution in [0.25, 0.3) is 0 Å². The topological polar surface area (TPSA) is 26.0 Å². The van der Waals surface area contributed by atoms with E-state index in [1.165, 1.54) is 10.5 Å². The number of aryl methyl sites for hydroxylation is 1. The molecule has 0 aliphatic rings. The minimum Gasteiger partial charge on any atom is -0.327 e. The number of hydrogen-bond donors (Lipinski definition) is 1. The van der Waals surface area contributed by atoms with E-state index in [4.69, 9.17) is 17.3 Å². The SMILES string of the molecule is Cc1ccc(CC(N)CSc2ccccc2)c(Cl)c1. The van der Waals surface area contributed by atoms with E-state index in [1.807, 2.05) is 31.2 Å². The summed E-state index contributed by atoms with van der Waals surface area (Å²) >= 11 is 8.02. The number of halogens is 1. The van der Waals surface area contributed by atoms with Gasteiger partial charge in [-0.2, -0.15) is 0 Å². The van der Waals surface area contributed by atoms with Crippen LogP contribution < -0.4 is 5.73 Å². The van der Waals surface area contributed by atoms with E-state index in [9.17, 15) is 0 Å². The van der Waals surface area contributed by atoms with Crippen LogP contribution in [0.5, 0.6) is 0 Å². The maximum atomic E-state index is 6.23. The smallest absolute Gasteiger partial charge is 0.0441 e. The average molecular weight is 292 g/mol. The first-order valence-electron chi connectivity index (χ1n) is 6.33. The summed E-state index contributed by atoms with van der Waals surface area (Å²) in [5.41, 5.74) is 8.50. The van der Waals surface area contributed by atoms with E-state index >= 15 is 0 Å². The highest BCUT2D eigenvalue weighted by atomic mass is 35.5. The highest BCUT2D eigenvalue weighted by molar-refractivity contribution is 7.99. The number of nitrogens with two attached hydrogens (primary N) is 1. The zero-order chi connectivity index (χ0) is 13.7. The fourth-order valence-electron chi connectivity index (χ4n) is 1.88. The molecule has 1 nitrogen and oxygen atoms in total. The molecule has 0 aliphatic carbocycles. The predicted octanol–water partition coefficient (Wildman–Crippen LogP) is 4.31. The molecule has 1 atom stereocenters. The standard InChI is InChI=1S/C16H18ClNS/c1-12-7-8-13(16(17)9-12)10-14(18)11-19-15-5-3-2-4-6-15/h2-9,14H,10-11,18H2,1H3. The molecule has 0 fully saturated rings. The van der Waals surface area contributed by atoms with E-state index in [2.05, 4.69) is 24.3 Å². The summed E-state index contributed by atoms with van der Waals surface area (Å²) in [6.45, 7) is 2.04. The predicted molar refractivity (Wildman–Crippen MR) is 85.0 cm³/mol. The lowest BCUT2D eigenvalue weighted by Gasteiger charge is -2.13. The molecule has 0 bridgehead atoms. The Balaban J connectivity index is 1.89. The highest BCUT2D eigenvalue weighted by Crippen LogP contribution is 2.22. The quantitative estimate of drug-likeness (QED) is 0.831. The summed E-state index contributed by atoms with van der Waals surface area (Å²) in [6.07, 6.45) is 0.818. The van der Waals surface area contributed by atoms with Crippen molar-refractivity contribution in [2.75, 3.05) is 5.75 Å². The first-order valence-corrected chi connectivity index (χ1v) is 7.70. The lowest BCUT2D eigenvalue weighted by molar-refractivity contribution is 0.748. The molecule has 100 valence electrons. The van der Waals surface area contributed by atoms with Gasteiger partial charge in [-0.05, 0) is 42.7 Å². The molecule has 2 N–H and O–H groups in total. The van der Waals surface area contributed by atoms with Crippen LogP contribution in [0, 0.1) is 6.92 Å². The van der Waals surface area contributed by atoms with Gasteiger partial charge in [-0.25, -0.2) is 0 Å². The van der Waals surface area contributed by atoms with E-state index in [0.29, 0.717) is 0 Å². The Bertz CT molecular complexity index is 528. The molecule has 19 heavy (non-hydrogen) atoms. The van der Waals surface area contributed by atoms with Gasteiger partial charge in [0, 0.05) is 21.7 Å². The number of rotatable bonds is 5. The van der Waals surface area contributed by atoms with Crippen LogP contribution >= 0.6 is 23.4 Å². The largest absolute Gasteiger partial charge is 0.327 e. The highest BCUT2D eigenvalue weighted by Gasteiger charge is 2.08. The molecule has 2 rings (SSSR count). The molecule has 0 saturated carbocycles. The van der Waals surface area contributed by atoms with Gasteiger partial charge in [-0.15, -0.1) is 11.8 Å². The van der Waals surface area contributed by atoms with Crippen molar-refractivity contribution in [1.82, 2.24) is 0 Å². The Labute approximate surface area is 124 Å². The molecule has 0 spiro atoms. The van der Waals surface area contributed by atoms with Crippen molar-refractivity contribution >= 4 is 23.4 Å². The molecule has 1 unspecified atom stereocenters. The summed E-state index contributed by atoms with van der Waals surface area (Å²) in [4.78, 5) is 1.26. The Morgan fingerprint density at radius 2 is 1.89 bits per heavy atom. The Kier molecular flexibility index (Phi) is 5.32. The zero-order valence-electron chi connectivity index (χ0n) is 11.0. The fourth-order valence-corrected chi connectivity index (χ4v) is 3.07. The molecule has 2 aromatic carbocycles. The monoisotopic (exact) mass is 291 g/mol. The zero-order valence-corrected chi connectivity index (χ0v) is 12.5.